The molecule has 0 saturated heterocycles. The summed E-state index contributed by atoms with van der Waals surface area (Å²) in [6.07, 6.45) is 0. The van der Waals surface area contributed by atoms with Crippen molar-refractivity contribution in [1.29, 1.82) is 0 Å². The zero-order valence-corrected chi connectivity index (χ0v) is 15.2. The lowest BCUT2D eigenvalue weighted by molar-refractivity contribution is 0.0955. The number of fused-ring (bicyclic) bond motifs is 1. The van der Waals surface area contributed by atoms with Crippen molar-refractivity contribution in [2.24, 2.45) is 0 Å². The van der Waals surface area contributed by atoms with Crippen molar-refractivity contribution in [3.63, 3.8) is 0 Å². The third kappa shape index (κ3) is 3.99. The van der Waals surface area contributed by atoms with Crippen LogP contribution in [0.1, 0.15) is 27.0 Å². The zero-order valence-electron chi connectivity index (χ0n) is 15.2. The van der Waals surface area contributed by atoms with Crippen LogP contribution in [0.5, 0.6) is 0 Å². The molecule has 5 heteroatoms. The summed E-state index contributed by atoms with van der Waals surface area (Å²) in [4.78, 5) is 16.7. The summed E-state index contributed by atoms with van der Waals surface area (Å²) in [5.74, 6) is 0.240. The molecule has 0 radical (unpaired) electrons. The van der Waals surface area contributed by atoms with E-state index in [1.165, 1.54) is 35.4 Å². The van der Waals surface area contributed by atoms with Gasteiger partial charge >= 0.3 is 0 Å². The molecule has 134 valence electrons. The third-order valence-corrected chi connectivity index (χ3v) is 4.43. The van der Waals surface area contributed by atoms with Crippen LogP contribution in [0.2, 0.25) is 0 Å². The number of amides is 1. The van der Waals surface area contributed by atoms with E-state index >= 15 is 0 Å². The van der Waals surface area contributed by atoms with E-state index in [2.05, 4.69) is 42.7 Å². The Morgan fingerprint density at radius 2 is 1.62 bits per heavy atom. The maximum atomic E-state index is 12.9. The van der Waals surface area contributed by atoms with E-state index in [4.69, 9.17) is 4.98 Å². The van der Waals surface area contributed by atoms with Crippen molar-refractivity contribution >= 4 is 22.6 Å². The number of rotatable bonds is 5. The second-order valence-electron chi connectivity index (χ2n) is 6.47. The number of aromatic nitrogens is 1. The van der Waals surface area contributed by atoms with E-state index in [0.29, 0.717) is 18.7 Å². The van der Waals surface area contributed by atoms with Gasteiger partial charge in [0, 0.05) is 24.0 Å². The van der Waals surface area contributed by atoms with Gasteiger partial charge in [-0.25, -0.2) is 9.37 Å². The van der Waals surface area contributed by atoms with Gasteiger partial charge in [-0.2, -0.15) is 0 Å². The van der Waals surface area contributed by atoms with Crippen molar-refractivity contribution in [3.8, 4) is 0 Å². The minimum atomic E-state index is -0.355. The second-order valence-corrected chi connectivity index (χ2v) is 6.47. The van der Waals surface area contributed by atoms with Crippen LogP contribution in [0.25, 0.3) is 10.9 Å². The number of halogens is 1. The van der Waals surface area contributed by atoms with Gasteiger partial charge in [0.05, 0.1) is 5.52 Å². The molecule has 2 N–H and O–H groups in total. The minimum absolute atomic E-state index is 0.221. The SMILES string of the molecule is Cc1cc2cc(C)c(NCCNC(=O)c3ccc(F)cc3)nc2cc1C. The van der Waals surface area contributed by atoms with Crippen LogP contribution in [-0.2, 0) is 0 Å². The molecule has 3 aromatic rings. The molecule has 0 aliphatic carbocycles. The predicted molar refractivity (Wildman–Crippen MR) is 103 cm³/mol. The fraction of sp³-hybridized carbons (Fsp3) is 0.238. The highest BCUT2D eigenvalue weighted by molar-refractivity contribution is 5.94. The van der Waals surface area contributed by atoms with Crippen molar-refractivity contribution in [1.82, 2.24) is 10.3 Å². The highest BCUT2D eigenvalue weighted by Gasteiger charge is 2.07. The van der Waals surface area contributed by atoms with Gasteiger partial charge in [-0.1, -0.05) is 0 Å². The first-order valence-corrected chi connectivity index (χ1v) is 8.60. The normalized spacial score (nSPS) is 10.8. The third-order valence-electron chi connectivity index (χ3n) is 4.43. The molecule has 1 heterocycles. The summed E-state index contributed by atoms with van der Waals surface area (Å²) in [5, 5.41) is 7.21. The Kier molecular flexibility index (Phi) is 5.16. The highest BCUT2D eigenvalue weighted by Crippen LogP contribution is 2.22. The summed E-state index contributed by atoms with van der Waals surface area (Å²) in [6, 6.07) is 11.9. The number of benzene rings is 2. The van der Waals surface area contributed by atoms with Crippen molar-refractivity contribution in [2.45, 2.75) is 20.8 Å². The number of carbonyl (C=O) groups is 1. The summed E-state index contributed by atoms with van der Waals surface area (Å²) in [7, 11) is 0. The van der Waals surface area contributed by atoms with Gasteiger partial charge in [0.15, 0.2) is 0 Å². The summed E-state index contributed by atoms with van der Waals surface area (Å²) in [6.45, 7) is 7.19. The number of nitrogens with one attached hydrogen (secondary N) is 2. The average Bonchev–Trinajstić information content (AvgIpc) is 2.61. The molecule has 0 bridgehead atoms. The molecule has 0 unspecified atom stereocenters. The quantitative estimate of drug-likeness (QED) is 0.679. The van der Waals surface area contributed by atoms with Crippen molar-refractivity contribution in [2.75, 3.05) is 18.4 Å². The molecule has 3 rings (SSSR count). The molecule has 4 nitrogen and oxygen atoms in total. The lowest BCUT2D eigenvalue weighted by Crippen LogP contribution is -2.29. The lowest BCUT2D eigenvalue weighted by atomic mass is 10.1. The Balaban J connectivity index is 1.61. The van der Waals surface area contributed by atoms with E-state index in [9.17, 15) is 9.18 Å². The standard InChI is InChI=1S/C21H22FN3O/c1-13-10-17-11-15(3)20(25-19(17)12-14(13)2)23-8-9-24-21(26)16-4-6-18(22)7-5-16/h4-7,10-12H,8-9H2,1-3H3,(H,23,25)(H,24,26). The lowest BCUT2D eigenvalue weighted by Gasteiger charge is -2.12. The predicted octanol–water partition coefficient (Wildman–Crippen LogP) is 4.14. The first-order valence-electron chi connectivity index (χ1n) is 8.60. The number of aryl methyl sites for hydroxylation is 3. The topological polar surface area (TPSA) is 54.0 Å². The smallest absolute Gasteiger partial charge is 0.251 e. The molecule has 0 fully saturated rings. The van der Waals surface area contributed by atoms with E-state index in [1.54, 1.807) is 0 Å². The molecular formula is C21H22FN3O. The number of hydrogen-bond donors (Lipinski definition) is 2. The van der Waals surface area contributed by atoms with Gasteiger partial charge in [0.25, 0.3) is 5.91 Å². The Hall–Kier alpha value is -2.95. The van der Waals surface area contributed by atoms with Crippen molar-refractivity contribution in [3.05, 3.63) is 70.5 Å². The van der Waals surface area contributed by atoms with Gasteiger partial charge in [-0.15, -0.1) is 0 Å². The molecule has 2 aromatic carbocycles. The molecule has 26 heavy (non-hydrogen) atoms. The second kappa shape index (κ2) is 7.52. The summed E-state index contributed by atoms with van der Waals surface area (Å²) < 4.78 is 12.9. The fourth-order valence-corrected chi connectivity index (χ4v) is 2.79. The summed E-state index contributed by atoms with van der Waals surface area (Å²) >= 11 is 0. The maximum Gasteiger partial charge on any atom is 0.251 e. The van der Waals surface area contributed by atoms with Crippen LogP contribution in [0.4, 0.5) is 10.2 Å². The fourth-order valence-electron chi connectivity index (χ4n) is 2.79. The van der Waals surface area contributed by atoms with Gasteiger partial charge in [-0.3, -0.25) is 4.79 Å². The first kappa shape index (κ1) is 17.9. The van der Waals surface area contributed by atoms with Gasteiger partial charge in [-0.05, 0) is 79.9 Å². The van der Waals surface area contributed by atoms with E-state index in [0.717, 1.165) is 22.3 Å². The van der Waals surface area contributed by atoms with E-state index in [1.807, 2.05) is 6.92 Å². The zero-order chi connectivity index (χ0) is 18.7. The van der Waals surface area contributed by atoms with Crippen LogP contribution in [-0.4, -0.2) is 24.0 Å². The van der Waals surface area contributed by atoms with Crippen LogP contribution < -0.4 is 10.6 Å². The van der Waals surface area contributed by atoms with Gasteiger partial charge in [0.2, 0.25) is 0 Å². The van der Waals surface area contributed by atoms with Gasteiger partial charge in [0.1, 0.15) is 11.6 Å². The Morgan fingerprint density at radius 1 is 0.962 bits per heavy atom. The number of carbonyl (C=O) groups excluding carboxylic acids is 1. The molecule has 1 amide bonds. The number of pyridine rings is 1. The molecular weight excluding hydrogens is 329 g/mol. The first-order chi connectivity index (χ1) is 12.4. The summed E-state index contributed by atoms with van der Waals surface area (Å²) in [5.41, 5.74) is 4.92. The highest BCUT2D eigenvalue weighted by atomic mass is 19.1. The molecule has 1 aromatic heterocycles. The van der Waals surface area contributed by atoms with Gasteiger partial charge < -0.3 is 10.6 Å². The average molecular weight is 351 g/mol. The van der Waals surface area contributed by atoms with Crippen molar-refractivity contribution < 1.29 is 9.18 Å². The molecule has 0 aliphatic rings. The monoisotopic (exact) mass is 351 g/mol. The number of nitrogens with zero attached hydrogens (tertiary/aromatic N) is 1. The largest absolute Gasteiger partial charge is 0.368 e. The van der Waals surface area contributed by atoms with Crippen LogP contribution >= 0.6 is 0 Å². The molecule has 0 aliphatic heterocycles. The number of hydrogen-bond acceptors (Lipinski definition) is 3. The Morgan fingerprint density at radius 3 is 2.35 bits per heavy atom. The number of anilines is 1. The Labute approximate surface area is 152 Å². The molecule has 0 saturated carbocycles. The Bertz CT molecular complexity index is 952. The molecule has 0 atom stereocenters. The van der Waals surface area contributed by atoms with Crippen LogP contribution in [0.3, 0.4) is 0 Å². The molecule has 0 spiro atoms. The maximum absolute atomic E-state index is 12.9. The van der Waals surface area contributed by atoms with Crippen LogP contribution in [0, 0.1) is 26.6 Å². The van der Waals surface area contributed by atoms with Crippen LogP contribution in [0.15, 0.2) is 42.5 Å². The minimum Gasteiger partial charge on any atom is -0.368 e. The van der Waals surface area contributed by atoms with E-state index < -0.39 is 0 Å². The van der Waals surface area contributed by atoms with E-state index in [-0.39, 0.29) is 11.7 Å².